The largest absolute Gasteiger partial charge is 0.480 e. The smallest absolute Gasteiger partial charge is 0.419 e. The first-order valence-corrected chi connectivity index (χ1v) is 7.68. The Morgan fingerprint density at radius 1 is 1.04 bits per heavy atom. The molecule has 128 valence electrons. The van der Waals surface area contributed by atoms with E-state index in [0.717, 1.165) is 0 Å². The Kier molecular flexibility index (Phi) is 4.65. The molecule has 0 saturated carbocycles. The summed E-state index contributed by atoms with van der Waals surface area (Å²) in [4.78, 5) is 36.2. The van der Waals surface area contributed by atoms with E-state index in [1.54, 1.807) is 24.3 Å². The topological polar surface area (TPSA) is 95.9 Å². The van der Waals surface area contributed by atoms with E-state index in [-0.39, 0.29) is 6.54 Å². The van der Waals surface area contributed by atoms with Crippen LogP contribution in [0.15, 0.2) is 60.7 Å². The number of carbonyl (C=O) groups excluding carboxylic acids is 2. The highest BCUT2D eigenvalue weighted by molar-refractivity contribution is 5.98. The number of nitrogens with zero attached hydrogens (tertiary/aromatic N) is 1. The normalized spacial score (nSPS) is 16.6. The van der Waals surface area contributed by atoms with Crippen molar-refractivity contribution in [2.45, 2.75) is 12.1 Å². The van der Waals surface area contributed by atoms with Crippen molar-refractivity contribution in [3.05, 3.63) is 71.8 Å². The van der Waals surface area contributed by atoms with Gasteiger partial charge in [-0.25, -0.2) is 19.3 Å². The van der Waals surface area contributed by atoms with Crippen LogP contribution in [0.25, 0.3) is 0 Å². The zero-order valence-corrected chi connectivity index (χ0v) is 13.2. The number of rotatable bonds is 4. The highest BCUT2D eigenvalue weighted by Gasteiger charge is 2.42. The maximum absolute atomic E-state index is 12.5. The van der Waals surface area contributed by atoms with Crippen molar-refractivity contribution in [1.82, 2.24) is 10.2 Å². The van der Waals surface area contributed by atoms with Gasteiger partial charge in [0.05, 0.1) is 6.54 Å². The van der Waals surface area contributed by atoms with Gasteiger partial charge in [0.25, 0.3) is 0 Å². The molecular weight excluding hydrogens is 324 g/mol. The van der Waals surface area contributed by atoms with Crippen LogP contribution in [0.3, 0.4) is 0 Å². The van der Waals surface area contributed by atoms with Crippen molar-refractivity contribution in [2.75, 3.05) is 6.54 Å². The Balaban J connectivity index is 1.89. The molecule has 3 amide bonds. The fraction of sp³-hybridized carbons (Fsp3) is 0.167. The van der Waals surface area contributed by atoms with Crippen LogP contribution in [0.5, 0.6) is 0 Å². The molecule has 3 rings (SSSR count). The zero-order valence-electron chi connectivity index (χ0n) is 13.2. The summed E-state index contributed by atoms with van der Waals surface area (Å²) in [7, 11) is 0. The van der Waals surface area contributed by atoms with Crippen molar-refractivity contribution in [1.29, 1.82) is 0 Å². The van der Waals surface area contributed by atoms with E-state index in [2.05, 4.69) is 5.32 Å². The van der Waals surface area contributed by atoms with Crippen LogP contribution < -0.4 is 5.32 Å². The Labute approximate surface area is 143 Å². The van der Waals surface area contributed by atoms with Crippen LogP contribution in [0.2, 0.25) is 0 Å². The molecule has 1 atom stereocenters. The van der Waals surface area contributed by atoms with Crippen molar-refractivity contribution in [3.63, 3.8) is 0 Å². The fourth-order valence-corrected chi connectivity index (χ4v) is 2.65. The molecule has 7 nitrogen and oxygen atoms in total. The molecule has 1 heterocycles. The molecule has 0 unspecified atom stereocenters. The van der Waals surface area contributed by atoms with E-state index in [1.807, 2.05) is 36.4 Å². The number of hydrogen-bond donors (Lipinski definition) is 2. The van der Waals surface area contributed by atoms with Gasteiger partial charge in [-0.15, -0.1) is 0 Å². The molecule has 0 aromatic heterocycles. The predicted molar refractivity (Wildman–Crippen MR) is 87.9 cm³/mol. The van der Waals surface area contributed by atoms with Gasteiger partial charge >= 0.3 is 18.1 Å². The number of urea groups is 1. The maximum Gasteiger partial charge on any atom is 0.419 e. The third-order valence-electron chi connectivity index (χ3n) is 3.88. The van der Waals surface area contributed by atoms with Crippen LogP contribution in [0.1, 0.15) is 17.2 Å². The molecule has 1 aliphatic rings. The standard InChI is InChI=1S/C18H16N2O5/c21-16(22)14-11-19-17(23)20(14)18(24)25-15(12-7-3-1-4-8-12)13-9-5-2-6-10-13/h1-10,14-15H,11H2,(H,19,23)(H,21,22)/t14-/m0/s1. The van der Waals surface area contributed by atoms with Gasteiger partial charge in [0, 0.05) is 0 Å². The summed E-state index contributed by atoms with van der Waals surface area (Å²) < 4.78 is 5.52. The molecule has 25 heavy (non-hydrogen) atoms. The second kappa shape index (κ2) is 7.04. The van der Waals surface area contributed by atoms with Crippen LogP contribution in [0, 0.1) is 0 Å². The second-order valence-corrected chi connectivity index (χ2v) is 5.50. The molecule has 0 aliphatic carbocycles. The van der Waals surface area contributed by atoms with Gasteiger partial charge in [0.2, 0.25) is 0 Å². The minimum Gasteiger partial charge on any atom is -0.480 e. The van der Waals surface area contributed by atoms with Gasteiger partial charge in [-0.05, 0) is 11.1 Å². The predicted octanol–water partition coefficient (Wildman–Crippen LogP) is 2.39. The van der Waals surface area contributed by atoms with E-state index in [9.17, 15) is 19.5 Å². The van der Waals surface area contributed by atoms with Crippen LogP contribution in [0.4, 0.5) is 9.59 Å². The first-order chi connectivity index (χ1) is 12.1. The Bertz CT molecular complexity index is 739. The number of ether oxygens (including phenoxy) is 1. The number of carboxylic acid groups (broad SMARTS) is 1. The van der Waals surface area contributed by atoms with E-state index in [4.69, 9.17) is 4.74 Å². The first kappa shape index (κ1) is 16.5. The van der Waals surface area contributed by atoms with Gasteiger partial charge in [0.15, 0.2) is 12.1 Å². The molecule has 1 fully saturated rings. The Morgan fingerprint density at radius 3 is 2.04 bits per heavy atom. The molecule has 7 heteroatoms. The molecule has 1 aliphatic heterocycles. The Morgan fingerprint density at radius 2 is 1.56 bits per heavy atom. The van der Waals surface area contributed by atoms with Gasteiger partial charge < -0.3 is 15.2 Å². The minimum atomic E-state index is -1.29. The molecule has 0 bridgehead atoms. The summed E-state index contributed by atoms with van der Waals surface area (Å²) in [6.45, 7) is -0.148. The number of aliphatic carboxylic acids is 1. The lowest BCUT2D eigenvalue weighted by atomic mass is 10.0. The average Bonchev–Trinajstić information content (AvgIpc) is 3.03. The molecule has 0 radical (unpaired) electrons. The quantitative estimate of drug-likeness (QED) is 0.891. The van der Waals surface area contributed by atoms with E-state index in [0.29, 0.717) is 16.0 Å². The third kappa shape index (κ3) is 3.45. The van der Waals surface area contributed by atoms with Crippen LogP contribution >= 0.6 is 0 Å². The van der Waals surface area contributed by atoms with E-state index < -0.39 is 30.2 Å². The van der Waals surface area contributed by atoms with Crippen molar-refractivity contribution >= 4 is 18.1 Å². The Hall–Kier alpha value is -3.35. The van der Waals surface area contributed by atoms with Crippen molar-refractivity contribution < 1.29 is 24.2 Å². The zero-order chi connectivity index (χ0) is 17.8. The average molecular weight is 340 g/mol. The second-order valence-electron chi connectivity index (χ2n) is 5.50. The molecule has 2 aromatic rings. The summed E-state index contributed by atoms with van der Waals surface area (Å²) in [5.74, 6) is -1.27. The summed E-state index contributed by atoms with van der Waals surface area (Å²) in [6.07, 6.45) is -1.75. The molecule has 0 spiro atoms. The number of hydrogen-bond acceptors (Lipinski definition) is 4. The molecule has 1 saturated heterocycles. The van der Waals surface area contributed by atoms with Gasteiger partial charge in [-0.1, -0.05) is 60.7 Å². The van der Waals surface area contributed by atoms with Gasteiger partial charge in [-0.2, -0.15) is 0 Å². The molecular formula is C18H16N2O5. The number of carboxylic acids is 1. The number of nitrogens with one attached hydrogen (secondary N) is 1. The summed E-state index contributed by atoms with van der Waals surface area (Å²) in [5, 5.41) is 11.5. The van der Waals surface area contributed by atoms with Gasteiger partial charge in [-0.3, -0.25) is 0 Å². The number of imide groups is 1. The SMILES string of the molecule is O=C(O)[C@@H]1CNC(=O)N1C(=O)OC(c1ccccc1)c1ccccc1. The van der Waals surface area contributed by atoms with E-state index >= 15 is 0 Å². The number of amides is 3. The summed E-state index contributed by atoms with van der Waals surface area (Å²) in [5.41, 5.74) is 1.43. The fourth-order valence-electron chi connectivity index (χ4n) is 2.65. The highest BCUT2D eigenvalue weighted by atomic mass is 16.6. The number of benzene rings is 2. The monoisotopic (exact) mass is 340 g/mol. The molecule has 2 aromatic carbocycles. The lowest BCUT2D eigenvalue weighted by molar-refractivity contribution is -0.140. The maximum atomic E-state index is 12.5. The first-order valence-electron chi connectivity index (χ1n) is 7.68. The number of carbonyl (C=O) groups is 3. The summed E-state index contributed by atoms with van der Waals surface area (Å²) in [6, 6.07) is 16.0. The van der Waals surface area contributed by atoms with Crippen molar-refractivity contribution in [3.8, 4) is 0 Å². The summed E-state index contributed by atoms with van der Waals surface area (Å²) >= 11 is 0. The highest BCUT2D eigenvalue weighted by Crippen LogP contribution is 2.27. The van der Waals surface area contributed by atoms with Crippen LogP contribution in [-0.4, -0.2) is 40.7 Å². The lowest BCUT2D eigenvalue weighted by Gasteiger charge is -2.23. The third-order valence-corrected chi connectivity index (χ3v) is 3.88. The van der Waals surface area contributed by atoms with E-state index in [1.165, 1.54) is 0 Å². The van der Waals surface area contributed by atoms with Crippen molar-refractivity contribution in [2.24, 2.45) is 0 Å². The van der Waals surface area contributed by atoms with Crippen LogP contribution in [-0.2, 0) is 9.53 Å². The molecule has 2 N–H and O–H groups in total. The lowest BCUT2D eigenvalue weighted by Crippen LogP contribution is -2.44. The van der Waals surface area contributed by atoms with Gasteiger partial charge in [0.1, 0.15) is 0 Å². The minimum absolute atomic E-state index is 0.148.